The number of benzene rings is 2. The summed E-state index contributed by atoms with van der Waals surface area (Å²) < 4.78 is 0. The number of pyridine rings is 1. The number of aromatic nitrogens is 1. The van der Waals surface area contributed by atoms with Gasteiger partial charge in [0.1, 0.15) is 0 Å². The highest BCUT2D eigenvalue weighted by Crippen LogP contribution is 2.29. The topological polar surface area (TPSA) is 53.4 Å². The van der Waals surface area contributed by atoms with Gasteiger partial charge in [0, 0.05) is 30.4 Å². The van der Waals surface area contributed by atoms with Gasteiger partial charge in [0.2, 0.25) is 0 Å². The minimum atomic E-state index is -0.672. The molecule has 39 heavy (non-hydrogen) atoms. The quantitative estimate of drug-likeness (QED) is 0.233. The lowest BCUT2D eigenvalue weighted by atomic mass is 9.96. The van der Waals surface area contributed by atoms with Gasteiger partial charge in [0.15, 0.2) is 0 Å². The molecule has 0 unspecified atom stereocenters. The second-order valence-corrected chi connectivity index (χ2v) is 11.0. The van der Waals surface area contributed by atoms with E-state index in [1.165, 1.54) is 0 Å². The van der Waals surface area contributed by atoms with Gasteiger partial charge in [-0.1, -0.05) is 78.4 Å². The molecule has 0 aliphatic rings. The molecule has 1 aromatic heterocycles. The van der Waals surface area contributed by atoms with Crippen LogP contribution in [0.5, 0.6) is 0 Å². The smallest absolute Gasteiger partial charge is 0.0869 e. The Morgan fingerprint density at radius 1 is 0.692 bits per heavy atom. The number of nitrogens with zero attached hydrogens (tertiary/aromatic N) is 1. The van der Waals surface area contributed by atoms with Crippen LogP contribution in [0.15, 0.2) is 66.7 Å². The van der Waals surface area contributed by atoms with Crippen LogP contribution in [0.1, 0.15) is 77.3 Å². The molecule has 2 aromatic carbocycles. The van der Waals surface area contributed by atoms with E-state index >= 15 is 0 Å². The highest BCUT2D eigenvalue weighted by atomic mass is 16.3. The van der Waals surface area contributed by atoms with Crippen LogP contribution >= 0.6 is 0 Å². The second kappa shape index (κ2) is 14.4. The van der Waals surface area contributed by atoms with Crippen LogP contribution in [0.4, 0.5) is 0 Å². The molecular formula is C36H39NO2. The maximum absolute atomic E-state index is 9.96. The van der Waals surface area contributed by atoms with Gasteiger partial charge in [-0.2, -0.15) is 0 Å². The Kier molecular flexibility index (Phi) is 11.0. The standard InChI is InChI=1S/C36H39NO2/c1-35(2,38)26-18-8-5-6-17-25-32-31(24-12-7-9-19-27-36(3,4)39)28-33(29-20-13-10-14-21-29)37-34(32)30-22-15-11-16-23-30/h10-11,13-16,20-23,28,38-39H,8-9,18-19,24,26-27H2,1-4H3. The normalized spacial score (nSPS) is 10.9. The molecule has 3 heteroatoms. The fraction of sp³-hybridized carbons (Fsp3) is 0.361. The first-order valence-electron chi connectivity index (χ1n) is 13.7. The van der Waals surface area contributed by atoms with Gasteiger partial charge < -0.3 is 10.2 Å². The van der Waals surface area contributed by atoms with E-state index in [0.717, 1.165) is 59.3 Å². The Labute approximate surface area is 234 Å². The molecule has 3 nitrogen and oxygen atoms in total. The van der Waals surface area contributed by atoms with E-state index in [4.69, 9.17) is 4.98 Å². The van der Waals surface area contributed by atoms with E-state index < -0.39 is 11.2 Å². The fourth-order valence-electron chi connectivity index (χ4n) is 4.10. The van der Waals surface area contributed by atoms with Crippen LogP contribution in [0.3, 0.4) is 0 Å². The molecule has 2 N–H and O–H groups in total. The predicted octanol–water partition coefficient (Wildman–Crippen LogP) is 7.20. The van der Waals surface area contributed by atoms with Crippen molar-refractivity contribution in [3.05, 3.63) is 77.9 Å². The second-order valence-electron chi connectivity index (χ2n) is 11.0. The van der Waals surface area contributed by atoms with Crippen LogP contribution in [0.25, 0.3) is 22.5 Å². The maximum Gasteiger partial charge on any atom is 0.0869 e. The number of hydrogen-bond donors (Lipinski definition) is 2. The number of aliphatic hydroxyl groups is 2. The minimum absolute atomic E-state index is 0.549. The van der Waals surface area contributed by atoms with Crippen molar-refractivity contribution in [2.24, 2.45) is 0 Å². The molecule has 0 aliphatic carbocycles. The van der Waals surface area contributed by atoms with Crippen molar-refractivity contribution in [2.75, 3.05) is 0 Å². The molecule has 0 atom stereocenters. The van der Waals surface area contributed by atoms with Crippen molar-refractivity contribution in [3.8, 4) is 58.0 Å². The third-order valence-electron chi connectivity index (χ3n) is 6.14. The summed E-state index contributed by atoms with van der Waals surface area (Å²) in [5, 5.41) is 19.9. The van der Waals surface area contributed by atoms with Crippen molar-refractivity contribution >= 4 is 0 Å². The summed E-state index contributed by atoms with van der Waals surface area (Å²) in [5.41, 5.74) is 4.28. The summed E-state index contributed by atoms with van der Waals surface area (Å²) in [6, 6.07) is 22.4. The molecule has 0 bridgehead atoms. The van der Waals surface area contributed by atoms with Gasteiger partial charge in [-0.3, -0.25) is 0 Å². The van der Waals surface area contributed by atoms with E-state index in [1.807, 2.05) is 64.1 Å². The van der Waals surface area contributed by atoms with Crippen molar-refractivity contribution in [1.29, 1.82) is 0 Å². The molecule has 0 saturated carbocycles. The number of unbranched alkanes of at least 4 members (excludes halogenated alkanes) is 2. The first-order chi connectivity index (χ1) is 18.6. The lowest BCUT2D eigenvalue weighted by Gasteiger charge is -2.15. The Hall–Kier alpha value is -3.81. The molecule has 0 spiro atoms. The molecule has 0 aliphatic heterocycles. The van der Waals surface area contributed by atoms with E-state index in [-0.39, 0.29) is 0 Å². The van der Waals surface area contributed by atoms with Crippen LogP contribution in [0, 0.1) is 35.5 Å². The summed E-state index contributed by atoms with van der Waals surface area (Å²) in [7, 11) is 0. The van der Waals surface area contributed by atoms with Crippen molar-refractivity contribution in [3.63, 3.8) is 0 Å². The molecule has 0 radical (unpaired) electrons. The average molecular weight is 518 g/mol. The largest absolute Gasteiger partial charge is 0.390 e. The molecule has 3 rings (SSSR count). The van der Waals surface area contributed by atoms with Crippen LogP contribution < -0.4 is 0 Å². The van der Waals surface area contributed by atoms with Crippen LogP contribution in [0.2, 0.25) is 0 Å². The van der Waals surface area contributed by atoms with Crippen molar-refractivity contribution in [1.82, 2.24) is 4.98 Å². The molecule has 1 heterocycles. The summed E-state index contributed by atoms with van der Waals surface area (Å²) in [6.45, 7) is 7.29. The maximum atomic E-state index is 9.96. The Morgan fingerprint density at radius 2 is 1.26 bits per heavy atom. The van der Waals surface area contributed by atoms with E-state index in [2.05, 4.69) is 65.9 Å². The van der Waals surface area contributed by atoms with E-state index in [1.54, 1.807) is 0 Å². The molecule has 0 amide bonds. The third kappa shape index (κ3) is 10.8. The minimum Gasteiger partial charge on any atom is -0.390 e. The molecule has 3 aromatic rings. The Morgan fingerprint density at radius 3 is 1.85 bits per heavy atom. The first kappa shape index (κ1) is 29.7. The SMILES string of the molecule is CC(C)(O)CCCC#CC#Cc1c(CC#CCCCC(C)(C)O)cc(-c2ccccc2)nc1-c1ccccc1. The van der Waals surface area contributed by atoms with Gasteiger partial charge in [0.05, 0.1) is 28.2 Å². The van der Waals surface area contributed by atoms with E-state index in [0.29, 0.717) is 19.3 Å². The van der Waals surface area contributed by atoms with Crippen molar-refractivity contribution < 1.29 is 10.2 Å². The van der Waals surface area contributed by atoms with Crippen LogP contribution in [-0.2, 0) is 6.42 Å². The third-order valence-corrected chi connectivity index (χ3v) is 6.14. The summed E-state index contributed by atoms with van der Waals surface area (Å²) in [5.74, 6) is 19.1. The number of rotatable bonds is 9. The Balaban J connectivity index is 1.97. The molecule has 0 saturated heterocycles. The predicted molar refractivity (Wildman–Crippen MR) is 162 cm³/mol. The summed E-state index contributed by atoms with van der Waals surface area (Å²) in [6.07, 6.45) is 5.09. The summed E-state index contributed by atoms with van der Waals surface area (Å²) >= 11 is 0. The summed E-state index contributed by atoms with van der Waals surface area (Å²) in [4.78, 5) is 5.06. The van der Waals surface area contributed by atoms with Gasteiger partial charge in [-0.25, -0.2) is 4.98 Å². The monoisotopic (exact) mass is 517 g/mol. The highest BCUT2D eigenvalue weighted by Gasteiger charge is 2.14. The van der Waals surface area contributed by atoms with E-state index in [9.17, 15) is 10.2 Å². The number of hydrogen-bond acceptors (Lipinski definition) is 3. The fourth-order valence-corrected chi connectivity index (χ4v) is 4.10. The molecular weight excluding hydrogens is 478 g/mol. The zero-order chi connectivity index (χ0) is 28.1. The lowest BCUT2D eigenvalue weighted by Crippen LogP contribution is -2.17. The average Bonchev–Trinajstić information content (AvgIpc) is 2.90. The van der Waals surface area contributed by atoms with Gasteiger partial charge in [-0.15, -0.1) is 5.92 Å². The lowest BCUT2D eigenvalue weighted by molar-refractivity contribution is 0.0686. The van der Waals surface area contributed by atoms with Gasteiger partial charge in [-0.05, 0) is 76.8 Å². The zero-order valence-corrected chi connectivity index (χ0v) is 23.6. The molecule has 200 valence electrons. The van der Waals surface area contributed by atoms with Crippen molar-refractivity contribution in [2.45, 2.75) is 83.8 Å². The van der Waals surface area contributed by atoms with Crippen LogP contribution in [-0.4, -0.2) is 26.4 Å². The molecule has 0 fully saturated rings. The van der Waals surface area contributed by atoms with Gasteiger partial charge in [0.25, 0.3) is 0 Å². The zero-order valence-electron chi connectivity index (χ0n) is 23.6. The first-order valence-corrected chi connectivity index (χ1v) is 13.7. The van der Waals surface area contributed by atoms with Gasteiger partial charge >= 0.3 is 0 Å². The highest BCUT2D eigenvalue weighted by molar-refractivity contribution is 5.74. The Bertz CT molecular complexity index is 1390.